The number of rotatable bonds is 3. The van der Waals surface area contributed by atoms with Crippen LogP contribution in [0.2, 0.25) is 4.47 Å². The minimum absolute atomic E-state index is 0.0905. The Morgan fingerprint density at radius 1 is 1.50 bits per heavy atom. The van der Waals surface area contributed by atoms with Gasteiger partial charge in [0.15, 0.2) is 8.68 Å². The van der Waals surface area contributed by atoms with Gasteiger partial charge in [-0.15, -0.1) is 10.2 Å². The maximum Gasteiger partial charge on any atom is 0.275 e. The largest absolute Gasteiger partial charge is 0.275 e. The van der Waals surface area contributed by atoms with Gasteiger partial charge in [-0.1, -0.05) is 34.3 Å². The summed E-state index contributed by atoms with van der Waals surface area (Å²) in [5.74, 6) is 0. The lowest BCUT2D eigenvalue weighted by Gasteiger charge is -2.01. The summed E-state index contributed by atoms with van der Waals surface area (Å²) in [7, 11) is -3.66. The summed E-state index contributed by atoms with van der Waals surface area (Å²) < 4.78 is 26.3. The standard InChI is InChI=1S/C6H5ClN4O2S3/c1-3-4(15-5(7)9-3)16(12,13)11-6-10-8-2-14-6/h2H,1H3,(H,10,11). The molecule has 10 heteroatoms. The van der Waals surface area contributed by atoms with Gasteiger partial charge in [-0.3, -0.25) is 4.72 Å². The molecule has 2 rings (SSSR count). The summed E-state index contributed by atoms with van der Waals surface area (Å²) in [6.45, 7) is 1.58. The van der Waals surface area contributed by atoms with Crippen molar-refractivity contribution in [1.82, 2.24) is 15.2 Å². The van der Waals surface area contributed by atoms with Crippen LogP contribution in [0.4, 0.5) is 5.13 Å². The second-order valence-electron chi connectivity index (χ2n) is 2.69. The normalized spacial score (nSPS) is 11.6. The van der Waals surface area contributed by atoms with E-state index in [9.17, 15) is 8.42 Å². The minimum Gasteiger partial charge on any atom is -0.252 e. The fourth-order valence-corrected chi connectivity index (χ4v) is 4.41. The highest BCUT2D eigenvalue weighted by Gasteiger charge is 2.22. The van der Waals surface area contributed by atoms with Gasteiger partial charge in [-0.2, -0.15) is 0 Å². The van der Waals surface area contributed by atoms with Crippen molar-refractivity contribution in [2.45, 2.75) is 11.1 Å². The molecule has 0 aliphatic heterocycles. The lowest BCUT2D eigenvalue weighted by Crippen LogP contribution is -2.12. The van der Waals surface area contributed by atoms with Crippen LogP contribution in [-0.2, 0) is 10.0 Å². The molecule has 1 N–H and O–H groups in total. The van der Waals surface area contributed by atoms with Crippen molar-refractivity contribution >= 4 is 49.4 Å². The summed E-state index contributed by atoms with van der Waals surface area (Å²) in [6.07, 6.45) is 0. The van der Waals surface area contributed by atoms with Crippen LogP contribution in [-0.4, -0.2) is 23.6 Å². The quantitative estimate of drug-likeness (QED) is 0.933. The summed E-state index contributed by atoms with van der Waals surface area (Å²) in [6, 6.07) is 0. The van der Waals surface area contributed by atoms with Crippen LogP contribution >= 0.6 is 34.3 Å². The summed E-state index contributed by atoms with van der Waals surface area (Å²) in [4.78, 5) is 3.84. The zero-order valence-electron chi connectivity index (χ0n) is 7.84. The van der Waals surface area contributed by atoms with Gasteiger partial charge >= 0.3 is 0 Å². The maximum atomic E-state index is 11.9. The van der Waals surface area contributed by atoms with Crippen LogP contribution in [0.5, 0.6) is 0 Å². The third-order valence-electron chi connectivity index (χ3n) is 1.55. The molecule has 0 saturated heterocycles. The van der Waals surface area contributed by atoms with E-state index in [2.05, 4.69) is 19.9 Å². The zero-order chi connectivity index (χ0) is 11.8. The molecule has 0 aliphatic rings. The van der Waals surface area contributed by atoms with E-state index in [0.29, 0.717) is 5.69 Å². The second kappa shape index (κ2) is 4.24. The Kier molecular flexibility index (Phi) is 3.10. The number of hydrogen-bond acceptors (Lipinski definition) is 7. The van der Waals surface area contributed by atoms with Gasteiger partial charge in [0.05, 0.1) is 5.69 Å². The predicted octanol–water partition coefficient (Wildman–Crippen LogP) is 1.76. The molecule has 2 heterocycles. The lowest BCUT2D eigenvalue weighted by atomic mass is 10.6. The Balaban J connectivity index is 2.36. The van der Waals surface area contributed by atoms with E-state index in [0.717, 1.165) is 22.7 Å². The van der Waals surface area contributed by atoms with Crippen LogP contribution in [0.25, 0.3) is 0 Å². The summed E-state index contributed by atoms with van der Waals surface area (Å²) in [5, 5.41) is 7.34. The lowest BCUT2D eigenvalue weighted by molar-refractivity contribution is 0.602. The van der Waals surface area contributed by atoms with Gasteiger partial charge < -0.3 is 0 Å². The van der Waals surface area contributed by atoms with E-state index in [1.165, 1.54) is 5.51 Å². The first-order valence-electron chi connectivity index (χ1n) is 3.91. The van der Waals surface area contributed by atoms with Crippen LogP contribution < -0.4 is 4.72 Å². The van der Waals surface area contributed by atoms with Gasteiger partial charge in [0.1, 0.15) is 5.51 Å². The van der Waals surface area contributed by atoms with E-state index >= 15 is 0 Å². The number of halogens is 1. The number of nitrogens with zero attached hydrogens (tertiary/aromatic N) is 3. The Hall–Kier alpha value is -0.770. The van der Waals surface area contributed by atoms with Crippen molar-refractivity contribution in [1.29, 1.82) is 0 Å². The molecule has 0 aliphatic carbocycles. The SMILES string of the molecule is Cc1nc(Cl)sc1S(=O)(=O)Nc1nncs1. The zero-order valence-corrected chi connectivity index (χ0v) is 11.0. The Morgan fingerprint density at radius 2 is 2.25 bits per heavy atom. The van der Waals surface area contributed by atoms with Crippen LogP contribution in [0.15, 0.2) is 9.72 Å². The van der Waals surface area contributed by atoms with E-state index in [4.69, 9.17) is 11.6 Å². The second-order valence-corrected chi connectivity index (χ2v) is 6.98. The number of anilines is 1. The van der Waals surface area contributed by atoms with Crippen LogP contribution in [0, 0.1) is 6.92 Å². The third kappa shape index (κ3) is 2.32. The smallest absolute Gasteiger partial charge is 0.252 e. The highest BCUT2D eigenvalue weighted by molar-refractivity contribution is 7.95. The van der Waals surface area contributed by atoms with E-state index in [1.54, 1.807) is 6.92 Å². The fraction of sp³-hybridized carbons (Fsp3) is 0.167. The first-order chi connectivity index (χ1) is 7.49. The van der Waals surface area contributed by atoms with Crippen molar-refractivity contribution in [2.24, 2.45) is 0 Å². The molecule has 0 atom stereocenters. The van der Waals surface area contributed by atoms with Gasteiger partial charge in [-0.05, 0) is 6.92 Å². The molecule has 0 aromatic carbocycles. The molecule has 86 valence electrons. The third-order valence-corrected chi connectivity index (χ3v) is 5.50. The number of hydrogen-bond donors (Lipinski definition) is 1. The first-order valence-corrected chi connectivity index (χ1v) is 7.46. The number of aryl methyl sites for hydroxylation is 1. The van der Waals surface area contributed by atoms with Crippen molar-refractivity contribution in [3.05, 3.63) is 15.7 Å². The predicted molar refractivity (Wildman–Crippen MR) is 62.6 cm³/mol. The van der Waals surface area contributed by atoms with E-state index in [-0.39, 0.29) is 13.8 Å². The number of nitrogens with one attached hydrogen (secondary N) is 1. The summed E-state index contributed by atoms with van der Waals surface area (Å²) >= 11 is 7.64. The molecule has 0 saturated carbocycles. The molecule has 0 fully saturated rings. The van der Waals surface area contributed by atoms with Gasteiger partial charge in [0, 0.05) is 0 Å². The van der Waals surface area contributed by atoms with Gasteiger partial charge in [-0.25, -0.2) is 13.4 Å². The van der Waals surface area contributed by atoms with Crippen LogP contribution in [0.3, 0.4) is 0 Å². The van der Waals surface area contributed by atoms with Crippen molar-refractivity contribution in [3.63, 3.8) is 0 Å². The van der Waals surface area contributed by atoms with Gasteiger partial charge in [0.25, 0.3) is 10.0 Å². The topological polar surface area (TPSA) is 84.8 Å². The summed E-state index contributed by atoms with van der Waals surface area (Å²) in [5.41, 5.74) is 1.80. The van der Waals surface area contributed by atoms with Gasteiger partial charge in [0.2, 0.25) is 5.13 Å². The molecule has 2 aromatic rings. The number of sulfonamides is 1. The molecule has 0 spiro atoms. The minimum atomic E-state index is -3.66. The first kappa shape index (κ1) is 11.7. The molecule has 0 bridgehead atoms. The highest BCUT2D eigenvalue weighted by Crippen LogP contribution is 2.28. The fourth-order valence-electron chi connectivity index (χ4n) is 0.979. The maximum absolute atomic E-state index is 11.9. The molecule has 0 amide bonds. The molecule has 6 nitrogen and oxygen atoms in total. The molecule has 0 unspecified atom stereocenters. The average Bonchev–Trinajstić information content (AvgIpc) is 2.75. The monoisotopic (exact) mass is 296 g/mol. The van der Waals surface area contributed by atoms with Crippen molar-refractivity contribution in [3.8, 4) is 0 Å². The molecule has 2 aromatic heterocycles. The Bertz CT molecular complexity index is 591. The molecule has 0 radical (unpaired) electrons. The Labute approximate surface area is 104 Å². The van der Waals surface area contributed by atoms with E-state index < -0.39 is 10.0 Å². The number of thiazole rings is 1. The molecular weight excluding hydrogens is 292 g/mol. The Morgan fingerprint density at radius 3 is 2.75 bits per heavy atom. The van der Waals surface area contributed by atoms with Crippen LogP contribution in [0.1, 0.15) is 5.69 Å². The van der Waals surface area contributed by atoms with E-state index in [1.807, 2.05) is 0 Å². The van der Waals surface area contributed by atoms with Crippen molar-refractivity contribution < 1.29 is 8.42 Å². The highest BCUT2D eigenvalue weighted by atomic mass is 35.5. The number of aromatic nitrogens is 3. The molecule has 16 heavy (non-hydrogen) atoms. The molecular formula is C6H5ClN4O2S3. The average molecular weight is 297 g/mol. The van der Waals surface area contributed by atoms with Crippen molar-refractivity contribution in [2.75, 3.05) is 4.72 Å².